The lowest BCUT2D eigenvalue weighted by molar-refractivity contribution is -0.384. The molecule has 16 heteroatoms. The summed E-state index contributed by atoms with van der Waals surface area (Å²) in [6.45, 7) is 3.82. The highest BCUT2D eigenvalue weighted by Gasteiger charge is 2.32. The average molecular weight is 871 g/mol. The third-order valence-electron chi connectivity index (χ3n) is 6.66. The molecule has 0 radical (unpaired) electrons. The van der Waals surface area contributed by atoms with Crippen LogP contribution >= 0.6 is 45.2 Å². The first-order chi connectivity index (χ1) is 22.5. The zero-order valence-electron chi connectivity index (χ0n) is 25.4. The minimum absolute atomic E-state index is 0.0193. The lowest BCUT2D eigenvalue weighted by atomic mass is 9.95. The second kappa shape index (κ2) is 16.6. The number of nitrogens with one attached hydrogen (secondary N) is 3. The molecule has 1 heterocycles. The summed E-state index contributed by atoms with van der Waals surface area (Å²) in [5, 5.41) is 30.8. The predicted octanol–water partition coefficient (Wildman–Crippen LogP) is 4.90. The van der Waals surface area contributed by atoms with Crippen molar-refractivity contribution in [3.05, 3.63) is 99.8 Å². The first-order valence-electron chi connectivity index (χ1n) is 14.1. The first kappa shape index (κ1) is 35.7. The molecule has 4 rings (SSSR count). The van der Waals surface area contributed by atoms with Gasteiger partial charge in [-0.3, -0.25) is 15.5 Å². The number of hydrogen-bond donors (Lipinski definition) is 4. The van der Waals surface area contributed by atoms with Crippen molar-refractivity contribution in [1.82, 2.24) is 16.1 Å². The van der Waals surface area contributed by atoms with Crippen molar-refractivity contribution >= 4 is 69.1 Å². The van der Waals surface area contributed by atoms with E-state index in [1.165, 1.54) is 19.2 Å². The van der Waals surface area contributed by atoms with E-state index in [0.717, 1.165) is 18.3 Å². The van der Waals surface area contributed by atoms with Gasteiger partial charge in [-0.25, -0.2) is 9.59 Å². The minimum Gasteiger partial charge on any atom is -0.490 e. The number of hydrazone groups is 1. The maximum atomic E-state index is 12.5. The highest BCUT2D eigenvalue weighted by Crippen LogP contribution is 2.35. The van der Waals surface area contributed by atoms with Crippen LogP contribution in [0.5, 0.6) is 17.2 Å². The average Bonchev–Trinajstić information content (AvgIpc) is 3.03. The van der Waals surface area contributed by atoms with Gasteiger partial charge in [-0.2, -0.15) is 5.10 Å². The second-order valence-corrected chi connectivity index (χ2v) is 12.3. The third-order valence-corrected chi connectivity index (χ3v) is 8.26. The van der Waals surface area contributed by atoms with Crippen molar-refractivity contribution in [3.63, 3.8) is 0 Å². The molecule has 0 spiro atoms. The Bertz CT molecular complexity index is 1680. The minimum atomic E-state index is -1.16. The highest BCUT2D eigenvalue weighted by atomic mass is 127. The molecule has 14 nitrogen and oxygen atoms in total. The smallest absolute Gasteiger partial charge is 0.337 e. The van der Waals surface area contributed by atoms with E-state index < -0.39 is 29.2 Å². The van der Waals surface area contributed by atoms with Gasteiger partial charge < -0.3 is 34.7 Å². The molecule has 1 aliphatic rings. The van der Waals surface area contributed by atoms with Gasteiger partial charge in [-0.05, 0) is 112 Å². The Morgan fingerprint density at radius 1 is 1.11 bits per heavy atom. The molecule has 0 fully saturated rings. The molecular weight excluding hydrogens is 840 g/mol. The molecule has 3 aromatic carbocycles. The lowest BCUT2D eigenvalue weighted by Gasteiger charge is -2.28. The number of carbonyl (C=O) groups is 2. The van der Waals surface area contributed by atoms with E-state index >= 15 is 0 Å². The van der Waals surface area contributed by atoms with E-state index in [9.17, 15) is 24.8 Å². The van der Waals surface area contributed by atoms with Crippen LogP contribution in [-0.2, 0) is 16.1 Å². The Hall–Kier alpha value is -4.17. The van der Waals surface area contributed by atoms with Crippen molar-refractivity contribution in [2.24, 2.45) is 5.10 Å². The molecule has 0 saturated heterocycles. The van der Waals surface area contributed by atoms with Crippen LogP contribution in [0.3, 0.4) is 0 Å². The number of urea groups is 1. The van der Waals surface area contributed by atoms with Crippen molar-refractivity contribution in [2.75, 3.05) is 20.3 Å². The summed E-state index contributed by atoms with van der Waals surface area (Å²) in [7, 11) is 1.27. The van der Waals surface area contributed by atoms with Gasteiger partial charge in [0.15, 0.2) is 17.7 Å². The van der Waals surface area contributed by atoms with E-state index in [2.05, 4.69) is 66.3 Å². The van der Waals surface area contributed by atoms with Crippen LogP contribution in [0.1, 0.15) is 36.6 Å². The van der Waals surface area contributed by atoms with Crippen molar-refractivity contribution < 1.29 is 38.6 Å². The number of aliphatic hydroxyl groups excluding tert-OH is 1. The molecule has 0 aliphatic carbocycles. The Kier molecular flexibility index (Phi) is 12.6. The number of hydrogen-bond acceptors (Lipinski definition) is 11. The number of ether oxygens (including phenoxy) is 4. The largest absolute Gasteiger partial charge is 0.490 e. The van der Waals surface area contributed by atoms with Gasteiger partial charge in [0.2, 0.25) is 0 Å². The van der Waals surface area contributed by atoms with Crippen LogP contribution in [0.2, 0.25) is 0 Å². The number of amides is 2. The van der Waals surface area contributed by atoms with Crippen LogP contribution in [0, 0.1) is 17.3 Å². The number of rotatable bonds is 14. The standard InChI is InChI=1S/C31H31I2N5O9/c1-4-45-25-13-20(28-27(30(40)44-3)17(2)35-31(41)36-28)7-10-24(25)46-16-26(39)37-34-14-19-11-22(32)29(23(33)12-19)47-15-18-5-8-21(9-6-18)38(42)43/h5-14,26,28,37,39H,4,15-16H2,1-3H3,(H2,35,36,41)/b34-14-/t26-,28+/m1/s1. The van der Waals surface area contributed by atoms with Crippen LogP contribution < -0.4 is 30.3 Å². The number of methoxy groups -OCH3 is 1. The number of benzene rings is 3. The van der Waals surface area contributed by atoms with Crippen LogP contribution in [-0.4, -0.2) is 54.8 Å². The number of allylic oxidation sites excluding steroid dienone is 1. The lowest BCUT2D eigenvalue weighted by Crippen LogP contribution is -2.45. The van der Waals surface area contributed by atoms with Crippen LogP contribution in [0.25, 0.3) is 0 Å². The molecule has 4 N–H and O–H groups in total. The summed E-state index contributed by atoms with van der Waals surface area (Å²) in [5.74, 6) is 0.792. The zero-order chi connectivity index (χ0) is 34.1. The molecule has 0 saturated carbocycles. The molecule has 2 atom stereocenters. The number of halogens is 2. The SMILES string of the molecule is CCOc1cc([C@@H]2NC(=O)NC(C)=C2C(=O)OC)ccc1OC[C@@H](O)N/N=C\c1cc(I)c(OCc2ccc([N+](=O)[O-])cc2)c(I)c1. The fourth-order valence-electron chi connectivity index (χ4n) is 4.48. The monoisotopic (exact) mass is 871 g/mol. The van der Waals surface area contributed by atoms with E-state index in [0.29, 0.717) is 35.1 Å². The first-order valence-corrected chi connectivity index (χ1v) is 16.2. The molecule has 0 unspecified atom stereocenters. The maximum absolute atomic E-state index is 12.5. The van der Waals surface area contributed by atoms with Gasteiger partial charge in [0.1, 0.15) is 19.0 Å². The molecule has 1 aliphatic heterocycles. The van der Waals surface area contributed by atoms with E-state index in [1.807, 2.05) is 12.1 Å². The van der Waals surface area contributed by atoms with Crippen LogP contribution in [0.4, 0.5) is 10.5 Å². The molecule has 47 heavy (non-hydrogen) atoms. The summed E-state index contributed by atoms with van der Waals surface area (Å²) < 4.78 is 24.1. The summed E-state index contributed by atoms with van der Waals surface area (Å²) in [4.78, 5) is 35.0. The Balaban J connectivity index is 1.36. The molecule has 2 amide bonds. The number of nitrogens with zero attached hydrogens (tertiary/aromatic N) is 2. The summed E-state index contributed by atoms with van der Waals surface area (Å²) in [6, 6.07) is 13.7. The topological polar surface area (TPSA) is 183 Å². The quantitative estimate of drug-likeness (QED) is 0.0434. The Labute approximate surface area is 297 Å². The van der Waals surface area contributed by atoms with Crippen molar-refractivity contribution in [2.45, 2.75) is 32.7 Å². The van der Waals surface area contributed by atoms with Gasteiger partial charge in [0, 0.05) is 17.8 Å². The van der Waals surface area contributed by atoms with E-state index in [1.54, 1.807) is 50.4 Å². The normalized spacial score (nSPS) is 15.0. The van der Waals surface area contributed by atoms with Gasteiger partial charge in [-0.1, -0.05) is 6.07 Å². The fourth-order valence-corrected chi connectivity index (χ4v) is 6.61. The predicted molar refractivity (Wildman–Crippen MR) is 188 cm³/mol. The Morgan fingerprint density at radius 2 is 1.81 bits per heavy atom. The van der Waals surface area contributed by atoms with Gasteiger partial charge in [-0.15, -0.1) is 0 Å². The van der Waals surface area contributed by atoms with Crippen molar-refractivity contribution in [3.8, 4) is 17.2 Å². The highest BCUT2D eigenvalue weighted by molar-refractivity contribution is 14.1. The van der Waals surface area contributed by atoms with E-state index in [4.69, 9.17) is 18.9 Å². The van der Waals surface area contributed by atoms with E-state index in [-0.39, 0.29) is 24.5 Å². The number of nitro benzene ring substituents is 1. The Morgan fingerprint density at radius 3 is 2.45 bits per heavy atom. The molecule has 0 aromatic heterocycles. The maximum Gasteiger partial charge on any atom is 0.337 e. The summed E-state index contributed by atoms with van der Waals surface area (Å²) >= 11 is 4.31. The van der Waals surface area contributed by atoms with Gasteiger partial charge >= 0.3 is 12.0 Å². The number of carbonyl (C=O) groups excluding carboxylic acids is 2. The number of aliphatic hydroxyl groups is 1. The zero-order valence-corrected chi connectivity index (χ0v) is 29.7. The summed E-state index contributed by atoms with van der Waals surface area (Å²) in [6.07, 6.45) is 0.388. The second-order valence-electron chi connectivity index (χ2n) is 9.94. The van der Waals surface area contributed by atoms with Gasteiger partial charge in [0.25, 0.3) is 5.69 Å². The number of esters is 1. The third kappa shape index (κ3) is 9.44. The molecular formula is C31H31I2N5O9. The van der Waals surface area contributed by atoms with Crippen molar-refractivity contribution in [1.29, 1.82) is 0 Å². The molecule has 248 valence electrons. The van der Waals surface area contributed by atoms with Crippen LogP contribution in [0.15, 0.2) is 71.0 Å². The fraction of sp³-hybridized carbons (Fsp3) is 0.258. The molecule has 3 aromatic rings. The number of nitro groups is 1. The molecule has 0 bridgehead atoms. The van der Waals surface area contributed by atoms with Gasteiger partial charge in [0.05, 0.1) is 43.6 Å². The number of non-ortho nitro benzene ring substituents is 1. The summed E-state index contributed by atoms with van der Waals surface area (Å²) in [5.41, 5.74) is 5.42.